The third-order valence-corrected chi connectivity index (χ3v) is 1.77. The van der Waals surface area contributed by atoms with E-state index in [9.17, 15) is 0 Å². The van der Waals surface area contributed by atoms with Crippen molar-refractivity contribution in [1.82, 2.24) is 9.78 Å². The van der Waals surface area contributed by atoms with Crippen molar-refractivity contribution < 1.29 is 9.52 Å². The molecule has 0 atom stereocenters. The molecule has 2 aromatic rings. The zero-order valence-electron chi connectivity index (χ0n) is 7.05. The average molecular weight is 178 g/mol. The van der Waals surface area contributed by atoms with Crippen LogP contribution >= 0.6 is 0 Å². The van der Waals surface area contributed by atoms with Crippen molar-refractivity contribution in [3.05, 3.63) is 42.1 Å². The minimum absolute atomic E-state index is 0.0259. The molecule has 0 saturated heterocycles. The molecule has 0 aliphatic heterocycles. The molecular weight excluding hydrogens is 168 g/mol. The van der Waals surface area contributed by atoms with Crippen LogP contribution in [0.15, 0.2) is 35.2 Å². The molecule has 0 fully saturated rings. The summed E-state index contributed by atoms with van der Waals surface area (Å²) in [5, 5.41) is 12.9. The summed E-state index contributed by atoms with van der Waals surface area (Å²) < 4.78 is 6.88. The molecule has 1 N–H and O–H groups in total. The Balaban J connectivity index is 2.10. The molecule has 0 unspecified atom stereocenters. The van der Waals surface area contributed by atoms with Gasteiger partial charge in [-0.3, -0.25) is 4.68 Å². The van der Waals surface area contributed by atoms with Crippen LogP contribution in [0.4, 0.5) is 0 Å². The Kier molecular flexibility index (Phi) is 2.14. The van der Waals surface area contributed by atoms with E-state index in [1.165, 1.54) is 0 Å². The van der Waals surface area contributed by atoms with Gasteiger partial charge >= 0.3 is 0 Å². The highest BCUT2D eigenvalue weighted by Crippen LogP contribution is 2.04. The average Bonchev–Trinajstić information content (AvgIpc) is 2.76. The van der Waals surface area contributed by atoms with Crippen LogP contribution in [0.2, 0.25) is 0 Å². The SMILES string of the molecule is OCc1cnn(Cc2ccco2)c1. The van der Waals surface area contributed by atoms with Crippen LogP contribution < -0.4 is 0 Å². The topological polar surface area (TPSA) is 51.2 Å². The van der Waals surface area contributed by atoms with Crippen molar-refractivity contribution in [3.8, 4) is 0 Å². The van der Waals surface area contributed by atoms with Crippen molar-refractivity contribution >= 4 is 0 Å². The Morgan fingerprint density at radius 1 is 1.54 bits per heavy atom. The minimum atomic E-state index is 0.0259. The fourth-order valence-electron chi connectivity index (χ4n) is 1.14. The van der Waals surface area contributed by atoms with Gasteiger partial charge in [0.2, 0.25) is 0 Å². The first kappa shape index (κ1) is 8.07. The summed E-state index contributed by atoms with van der Waals surface area (Å²) in [5.74, 6) is 0.854. The van der Waals surface area contributed by atoms with E-state index in [1.54, 1.807) is 23.3 Å². The van der Waals surface area contributed by atoms with Crippen LogP contribution in [0.5, 0.6) is 0 Å². The van der Waals surface area contributed by atoms with E-state index in [1.807, 2.05) is 12.1 Å². The third kappa shape index (κ3) is 1.78. The van der Waals surface area contributed by atoms with E-state index in [-0.39, 0.29) is 6.61 Å². The molecule has 0 bridgehead atoms. The number of aliphatic hydroxyl groups is 1. The summed E-state index contributed by atoms with van der Waals surface area (Å²) in [6, 6.07) is 3.73. The van der Waals surface area contributed by atoms with Gasteiger partial charge in [-0.15, -0.1) is 0 Å². The van der Waals surface area contributed by atoms with Crippen molar-refractivity contribution in [2.45, 2.75) is 13.2 Å². The Bertz CT molecular complexity index is 365. The van der Waals surface area contributed by atoms with E-state index >= 15 is 0 Å². The van der Waals surface area contributed by atoms with Gasteiger partial charge in [0.25, 0.3) is 0 Å². The molecule has 0 spiro atoms. The molecular formula is C9H10N2O2. The molecule has 2 heterocycles. The molecule has 0 amide bonds. The van der Waals surface area contributed by atoms with Gasteiger partial charge in [-0.05, 0) is 12.1 Å². The second-order valence-electron chi connectivity index (χ2n) is 2.78. The number of furan rings is 1. The number of aliphatic hydroxyl groups excluding tert-OH is 1. The second kappa shape index (κ2) is 3.45. The highest BCUT2D eigenvalue weighted by molar-refractivity contribution is 5.04. The molecule has 2 rings (SSSR count). The molecule has 0 radical (unpaired) electrons. The monoisotopic (exact) mass is 178 g/mol. The molecule has 4 heteroatoms. The van der Waals surface area contributed by atoms with Gasteiger partial charge in [0.05, 0.1) is 25.6 Å². The zero-order chi connectivity index (χ0) is 9.10. The van der Waals surface area contributed by atoms with Gasteiger partial charge in [0.1, 0.15) is 5.76 Å². The molecule has 4 nitrogen and oxygen atoms in total. The van der Waals surface area contributed by atoms with Gasteiger partial charge < -0.3 is 9.52 Å². The lowest BCUT2D eigenvalue weighted by Crippen LogP contribution is -1.98. The number of rotatable bonds is 3. The van der Waals surface area contributed by atoms with Gasteiger partial charge in [-0.1, -0.05) is 0 Å². The summed E-state index contributed by atoms with van der Waals surface area (Å²) >= 11 is 0. The van der Waals surface area contributed by atoms with Gasteiger partial charge in [-0.25, -0.2) is 0 Å². The molecule has 2 aromatic heterocycles. The highest BCUT2D eigenvalue weighted by Gasteiger charge is 1.99. The molecule has 0 aliphatic carbocycles. The van der Waals surface area contributed by atoms with Crippen molar-refractivity contribution in [3.63, 3.8) is 0 Å². The van der Waals surface area contributed by atoms with E-state index in [4.69, 9.17) is 9.52 Å². The van der Waals surface area contributed by atoms with E-state index < -0.39 is 0 Å². The third-order valence-electron chi connectivity index (χ3n) is 1.77. The normalized spacial score (nSPS) is 10.5. The number of hydrogen-bond acceptors (Lipinski definition) is 3. The number of nitrogens with zero attached hydrogens (tertiary/aromatic N) is 2. The second-order valence-corrected chi connectivity index (χ2v) is 2.78. The Morgan fingerprint density at radius 2 is 2.46 bits per heavy atom. The smallest absolute Gasteiger partial charge is 0.125 e. The Labute approximate surface area is 75.4 Å². The first-order valence-electron chi connectivity index (χ1n) is 4.03. The number of aromatic nitrogens is 2. The van der Waals surface area contributed by atoms with Crippen LogP contribution in [0.25, 0.3) is 0 Å². The van der Waals surface area contributed by atoms with Crippen molar-refractivity contribution in [1.29, 1.82) is 0 Å². The largest absolute Gasteiger partial charge is 0.467 e. The van der Waals surface area contributed by atoms with Crippen LogP contribution in [0, 0.1) is 0 Å². The lowest BCUT2D eigenvalue weighted by atomic mass is 10.4. The molecule has 0 aliphatic rings. The zero-order valence-corrected chi connectivity index (χ0v) is 7.05. The number of hydrogen-bond donors (Lipinski definition) is 1. The lowest BCUT2D eigenvalue weighted by Gasteiger charge is -1.95. The quantitative estimate of drug-likeness (QED) is 0.763. The first-order chi connectivity index (χ1) is 6.38. The first-order valence-corrected chi connectivity index (χ1v) is 4.03. The maximum Gasteiger partial charge on any atom is 0.125 e. The van der Waals surface area contributed by atoms with E-state index in [0.29, 0.717) is 6.54 Å². The summed E-state index contributed by atoms with van der Waals surface area (Å²) in [6.45, 7) is 0.630. The summed E-state index contributed by atoms with van der Waals surface area (Å²) in [6.07, 6.45) is 5.07. The standard InChI is InChI=1S/C9H10N2O2/c12-7-8-4-10-11(5-8)6-9-2-1-3-13-9/h1-5,12H,6-7H2. The van der Waals surface area contributed by atoms with Crippen LogP contribution in [-0.2, 0) is 13.2 Å². The van der Waals surface area contributed by atoms with E-state index in [0.717, 1.165) is 11.3 Å². The van der Waals surface area contributed by atoms with Crippen LogP contribution in [-0.4, -0.2) is 14.9 Å². The van der Waals surface area contributed by atoms with Crippen molar-refractivity contribution in [2.75, 3.05) is 0 Å². The summed E-state index contributed by atoms with van der Waals surface area (Å²) in [7, 11) is 0. The highest BCUT2D eigenvalue weighted by atomic mass is 16.3. The Morgan fingerprint density at radius 3 is 3.08 bits per heavy atom. The molecule has 13 heavy (non-hydrogen) atoms. The fraction of sp³-hybridized carbons (Fsp3) is 0.222. The fourth-order valence-corrected chi connectivity index (χ4v) is 1.14. The maximum absolute atomic E-state index is 8.80. The van der Waals surface area contributed by atoms with E-state index in [2.05, 4.69) is 5.10 Å². The van der Waals surface area contributed by atoms with Crippen molar-refractivity contribution in [2.24, 2.45) is 0 Å². The molecule has 0 saturated carbocycles. The minimum Gasteiger partial charge on any atom is -0.467 e. The summed E-state index contributed by atoms with van der Waals surface area (Å²) in [5.41, 5.74) is 0.812. The van der Waals surface area contributed by atoms with Gasteiger partial charge in [0, 0.05) is 11.8 Å². The molecule has 68 valence electrons. The van der Waals surface area contributed by atoms with Gasteiger partial charge in [0.15, 0.2) is 0 Å². The maximum atomic E-state index is 8.80. The van der Waals surface area contributed by atoms with Crippen LogP contribution in [0.1, 0.15) is 11.3 Å². The summed E-state index contributed by atoms with van der Waals surface area (Å²) in [4.78, 5) is 0. The lowest BCUT2D eigenvalue weighted by molar-refractivity contribution is 0.281. The molecule has 0 aromatic carbocycles. The van der Waals surface area contributed by atoms with Gasteiger partial charge in [-0.2, -0.15) is 5.10 Å². The van der Waals surface area contributed by atoms with Crippen LogP contribution in [0.3, 0.4) is 0 Å². The Hall–Kier alpha value is -1.55. The predicted octanol–water partition coefficient (Wildman–Crippen LogP) is 1.02. The predicted molar refractivity (Wildman–Crippen MR) is 46.0 cm³/mol.